The lowest BCUT2D eigenvalue weighted by Gasteiger charge is -2.37. The fourth-order valence-electron chi connectivity index (χ4n) is 5.06. The monoisotopic (exact) mass is 540 g/mol. The van der Waals surface area contributed by atoms with Gasteiger partial charge in [-0.3, -0.25) is 14.7 Å². The van der Waals surface area contributed by atoms with Crippen LogP contribution in [-0.4, -0.2) is 52.8 Å². The summed E-state index contributed by atoms with van der Waals surface area (Å²) in [6.45, 7) is 2.02. The molecule has 3 atom stereocenters. The molecule has 1 unspecified atom stereocenters. The SMILES string of the molecule is COc1ccc2nccc(C(O)CC[C@@H]3CCN(CC#Cc4ccc(Cl)cc4Cl)C[C@@H]3CC(=O)O)c2c1. The average molecular weight is 541 g/mol. The standard InChI is InChI=1S/C29H30Cl2N2O4/c1-37-23-7-8-27-25(17-23)24(10-12-32-27)28(34)9-5-19-11-14-33(18-21(19)15-29(35)36)13-2-3-20-4-6-22(30)16-26(20)31/h4,6-8,10,12,16-17,19,21,28,34H,5,9,11,13-15,18H2,1H3,(H,35,36)/t19-,21+,28?/m1/s1. The Hall–Kier alpha value is -2.82. The zero-order chi connectivity index (χ0) is 26.4. The van der Waals surface area contributed by atoms with Gasteiger partial charge in [-0.2, -0.15) is 0 Å². The number of ether oxygens (including phenoxy) is 1. The predicted molar refractivity (Wildman–Crippen MR) is 146 cm³/mol. The maximum atomic E-state index is 11.6. The zero-order valence-electron chi connectivity index (χ0n) is 20.7. The van der Waals surface area contributed by atoms with Gasteiger partial charge in [-0.25, -0.2) is 0 Å². The molecule has 2 heterocycles. The number of hydrogen-bond donors (Lipinski definition) is 2. The number of carbonyl (C=O) groups is 1. The van der Waals surface area contributed by atoms with Gasteiger partial charge in [0.1, 0.15) is 5.75 Å². The van der Waals surface area contributed by atoms with Crippen molar-refractivity contribution in [3.63, 3.8) is 0 Å². The van der Waals surface area contributed by atoms with Gasteiger partial charge in [0.25, 0.3) is 0 Å². The van der Waals surface area contributed by atoms with E-state index in [-0.39, 0.29) is 18.3 Å². The number of likely N-dealkylation sites (tertiary alicyclic amines) is 1. The molecule has 2 N–H and O–H groups in total. The summed E-state index contributed by atoms with van der Waals surface area (Å²) in [6.07, 6.45) is 3.29. The molecule has 6 nitrogen and oxygen atoms in total. The number of benzene rings is 2. The molecule has 0 bridgehead atoms. The number of carboxylic acid groups (broad SMARTS) is 1. The first-order valence-corrected chi connectivity index (χ1v) is 13.1. The minimum atomic E-state index is -0.802. The number of aliphatic hydroxyl groups excluding tert-OH is 1. The first-order chi connectivity index (χ1) is 17.8. The van der Waals surface area contributed by atoms with Crippen molar-refractivity contribution in [2.45, 2.75) is 31.8 Å². The van der Waals surface area contributed by atoms with Crippen molar-refractivity contribution in [3.8, 4) is 17.6 Å². The molecule has 1 aliphatic heterocycles. The molecule has 1 fully saturated rings. The van der Waals surface area contributed by atoms with Crippen LogP contribution < -0.4 is 4.74 Å². The number of carboxylic acids is 1. The van der Waals surface area contributed by atoms with E-state index >= 15 is 0 Å². The molecule has 0 saturated carbocycles. The van der Waals surface area contributed by atoms with Gasteiger partial charge >= 0.3 is 5.97 Å². The van der Waals surface area contributed by atoms with Crippen molar-refractivity contribution in [1.29, 1.82) is 0 Å². The summed E-state index contributed by atoms with van der Waals surface area (Å²) in [4.78, 5) is 18.2. The predicted octanol–water partition coefficient (Wildman–Crippen LogP) is 5.83. The number of fused-ring (bicyclic) bond motifs is 1. The Morgan fingerprint density at radius 3 is 2.81 bits per heavy atom. The highest BCUT2D eigenvalue weighted by Crippen LogP contribution is 2.34. The molecular weight excluding hydrogens is 511 g/mol. The Bertz CT molecular complexity index is 1320. The van der Waals surface area contributed by atoms with Crippen LogP contribution in [0, 0.1) is 23.7 Å². The van der Waals surface area contributed by atoms with Gasteiger partial charge in [0.15, 0.2) is 0 Å². The van der Waals surface area contributed by atoms with Crippen LogP contribution >= 0.6 is 23.2 Å². The Balaban J connectivity index is 1.39. The molecule has 194 valence electrons. The molecular formula is C29H30Cl2N2O4. The minimum Gasteiger partial charge on any atom is -0.497 e. The Labute approximate surface area is 227 Å². The summed E-state index contributed by atoms with van der Waals surface area (Å²) < 4.78 is 5.35. The van der Waals surface area contributed by atoms with Crippen molar-refractivity contribution in [3.05, 3.63) is 69.8 Å². The largest absolute Gasteiger partial charge is 0.497 e. The van der Waals surface area contributed by atoms with Crippen molar-refractivity contribution in [1.82, 2.24) is 9.88 Å². The number of aromatic nitrogens is 1. The molecule has 0 amide bonds. The van der Waals surface area contributed by atoms with E-state index in [0.29, 0.717) is 35.3 Å². The van der Waals surface area contributed by atoms with E-state index in [0.717, 1.165) is 41.4 Å². The third kappa shape index (κ3) is 7.15. The molecule has 0 aliphatic carbocycles. The van der Waals surface area contributed by atoms with Crippen molar-refractivity contribution < 1.29 is 19.7 Å². The average Bonchev–Trinajstić information content (AvgIpc) is 2.88. The van der Waals surface area contributed by atoms with Crippen LogP contribution in [0.25, 0.3) is 10.9 Å². The Morgan fingerprint density at radius 1 is 1.22 bits per heavy atom. The van der Waals surface area contributed by atoms with E-state index in [4.69, 9.17) is 27.9 Å². The number of nitrogens with zero attached hydrogens (tertiary/aromatic N) is 2. The smallest absolute Gasteiger partial charge is 0.303 e. The van der Waals surface area contributed by atoms with E-state index in [2.05, 4.69) is 21.7 Å². The molecule has 1 aliphatic rings. The van der Waals surface area contributed by atoms with Gasteiger partial charge in [-0.15, -0.1) is 0 Å². The number of halogens is 2. The Morgan fingerprint density at radius 2 is 2.05 bits per heavy atom. The molecule has 3 aromatic rings. The van der Waals surface area contributed by atoms with Crippen LogP contribution in [0.5, 0.6) is 5.75 Å². The Kier molecular flexibility index (Phi) is 9.28. The molecule has 4 rings (SSSR count). The van der Waals surface area contributed by atoms with Crippen LogP contribution in [0.4, 0.5) is 0 Å². The lowest BCUT2D eigenvalue weighted by molar-refractivity contribution is -0.139. The summed E-state index contributed by atoms with van der Waals surface area (Å²) in [7, 11) is 1.61. The fourth-order valence-corrected chi connectivity index (χ4v) is 5.52. The summed E-state index contributed by atoms with van der Waals surface area (Å²) in [5.74, 6) is 6.37. The molecule has 37 heavy (non-hydrogen) atoms. The van der Waals surface area contributed by atoms with Gasteiger partial charge in [-0.05, 0) is 85.7 Å². The van der Waals surface area contributed by atoms with E-state index in [1.54, 1.807) is 31.5 Å². The summed E-state index contributed by atoms with van der Waals surface area (Å²) in [5, 5.41) is 22.5. The summed E-state index contributed by atoms with van der Waals surface area (Å²) in [5.41, 5.74) is 2.33. The number of aliphatic hydroxyl groups is 1. The third-order valence-corrected chi connectivity index (χ3v) is 7.57. The third-order valence-electron chi connectivity index (χ3n) is 7.02. The van der Waals surface area contributed by atoms with E-state index in [1.165, 1.54) is 0 Å². The van der Waals surface area contributed by atoms with Crippen LogP contribution in [0.1, 0.15) is 42.9 Å². The molecule has 8 heteroatoms. The van der Waals surface area contributed by atoms with Gasteiger partial charge in [-0.1, -0.05) is 35.0 Å². The van der Waals surface area contributed by atoms with Crippen molar-refractivity contribution in [2.75, 3.05) is 26.7 Å². The van der Waals surface area contributed by atoms with Crippen LogP contribution in [0.2, 0.25) is 10.0 Å². The molecule has 2 aromatic carbocycles. The first kappa shape index (κ1) is 27.2. The minimum absolute atomic E-state index is 0.00588. The van der Waals surface area contributed by atoms with Crippen LogP contribution in [0.15, 0.2) is 48.7 Å². The highest BCUT2D eigenvalue weighted by atomic mass is 35.5. The molecule has 0 radical (unpaired) electrons. The van der Waals surface area contributed by atoms with Gasteiger partial charge in [0.2, 0.25) is 0 Å². The second kappa shape index (κ2) is 12.6. The van der Waals surface area contributed by atoms with E-state index in [1.807, 2.05) is 24.3 Å². The van der Waals surface area contributed by atoms with Crippen molar-refractivity contribution in [2.24, 2.45) is 11.8 Å². The van der Waals surface area contributed by atoms with Gasteiger partial charge < -0.3 is 14.9 Å². The number of piperidine rings is 1. The molecule has 0 spiro atoms. The highest BCUT2D eigenvalue weighted by molar-refractivity contribution is 6.35. The first-order valence-electron chi connectivity index (χ1n) is 12.3. The number of pyridine rings is 1. The van der Waals surface area contributed by atoms with E-state index < -0.39 is 12.1 Å². The lowest BCUT2D eigenvalue weighted by Crippen LogP contribution is -2.41. The number of methoxy groups -OCH3 is 1. The maximum Gasteiger partial charge on any atom is 0.303 e. The number of aliphatic carboxylic acids is 1. The quantitative estimate of drug-likeness (QED) is 0.350. The van der Waals surface area contributed by atoms with Gasteiger partial charge in [0, 0.05) is 35.1 Å². The zero-order valence-corrected chi connectivity index (χ0v) is 22.2. The second-order valence-electron chi connectivity index (χ2n) is 9.44. The highest BCUT2D eigenvalue weighted by Gasteiger charge is 2.31. The molecule has 1 saturated heterocycles. The number of hydrogen-bond acceptors (Lipinski definition) is 5. The molecule has 1 aromatic heterocycles. The lowest BCUT2D eigenvalue weighted by atomic mass is 9.79. The fraction of sp³-hybridized carbons (Fsp3) is 0.379. The van der Waals surface area contributed by atoms with Gasteiger partial charge in [0.05, 0.1) is 30.3 Å². The topological polar surface area (TPSA) is 82.9 Å². The second-order valence-corrected chi connectivity index (χ2v) is 10.3. The van der Waals surface area contributed by atoms with Crippen molar-refractivity contribution >= 4 is 40.1 Å². The summed E-state index contributed by atoms with van der Waals surface area (Å²) in [6, 6.07) is 12.7. The number of rotatable bonds is 8. The normalized spacial score (nSPS) is 18.7. The summed E-state index contributed by atoms with van der Waals surface area (Å²) >= 11 is 12.2. The van der Waals surface area contributed by atoms with E-state index in [9.17, 15) is 15.0 Å². The van der Waals surface area contributed by atoms with Crippen LogP contribution in [0.3, 0.4) is 0 Å². The van der Waals surface area contributed by atoms with Crippen LogP contribution in [-0.2, 0) is 4.79 Å². The maximum absolute atomic E-state index is 11.6.